The van der Waals surface area contributed by atoms with Crippen molar-refractivity contribution in [2.24, 2.45) is 7.05 Å². The van der Waals surface area contributed by atoms with Crippen LogP contribution in [0.1, 0.15) is 29.5 Å². The van der Waals surface area contributed by atoms with Gasteiger partial charge in [-0.2, -0.15) is 0 Å². The minimum absolute atomic E-state index is 0.333. The predicted octanol–water partition coefficient (Wildman–Crippen LogP) is 4.80. The van der Waals surface area contributed by atoms with Gasteiger partial charge in [-0.05, 0) is 47.4 Å². The molecule has 2 aliphatic rings. The SMILES string of the molecule is Cn1cc(C2=C(c3c(Cl)ccc4ccc(CNC5CC5)cc34)C(=O)NC2=O)c2ccccc21. The van der Waals surface area contributed by atoms with Crippen LogP contribution in [-0.4, -0.2) is 22.4 Å². The zero-order valence-corrected chi connectivity index (χ0v) is 18.9. The molecule has 164 valence electrons. The lowest BCUT2D eigenvalue weighted by Crippen LogP contribution is -2.22. The number of aryl methyl sites for hydroxylation is 1. The number of amides is 2. The third-order valence-corrected chi connectivity index (χ3v) is 6.87. The van der Waals surface area contributed by atoms with Crippen LogP contribution in [0.25, 0.3) is 32.8 Å². The molecule has 1 aliphatic heterocycles. The lowest BCUT2D eigenvalue weighted by atomic mass is 9.91. The molecule has 4 aromatic rings. The van der Waals surface area contributed by atoms with E-state index in [0.717, 1.165) is 39.3 Å². The summed E-state index contributed by atoms with van der Waals surface area (Å²) in [5.41, 5.74) is 4.14. The molecule has 2 amide bonds. The number of benzene rings is 3. The standard InChI is InChI=1S/C27H22ClN3O2/c1-31-14-20(18-4-2-3-5-22(18)31)24-25(27(33)30-26(24)32)23-19-12-15(13-29-17-9-10-17)6-7-16(19)8-11-21(23)28/h2-8,11-12,14,17,29H,9-10,13H2,1H3,(H,30,32,33). The first-order valence-corrected chi connectivity index (χ1v) is 11.5. The first kappa shape index (κ1) is 20.2. The Morgan fingerprint density at radius 1 is 1.00 bits per heavy atom. The average Bonchev–Trinajstić information content (AvgIpc) is 3.53. The highest BCUT2D eigenvalue weighted by Crippen LogP contribution is 2.41. The summed E-state index contributed by atoms with van der Waals surface area (Å²) in [6, 6.07) is 18.4. The van der Waals surface area contributed by atoms with Crippen LogP contribution in [0.5, 0.6) is 0 Å². The molecule has 2 heterocycles. The Morgan fingerprint density at radius 2 is 1.76 bits per heavy atom. The van der Waals surface area contributed by atoms with Gasteiger partial charge in [0.05, 0.1) is 11.1 Å². The number of aromatic nitrogens is 1. The highest BCUT2D eigenvalue weighted by atomic mass is 35.5. The third kappa shape index (κ3) is 3.36. The number of halogens is 1. The Balaban J connectivity index is 1.61. The summed E-state index contributed by atoms with van der Waals surface area (Å²) >= 11 is 6.72. The number of fused-ring (bicyclic) bond motifs is 2. The number of hydrogen-bond acceptors (Lipinski definition) is 3. The molecule has 0 unspecified atom stereocenters. The van der Waals surface area contributed by atoms with Crippen molar-refractivity contribution in [2.45, 2.75) is 25.4 Å². The zero-order valence-electron chi connectivity index (χ0n) is 18.1. The second-order valence-electron chi connectivity index (χ2n) is 8.84. The predicted molar refractivity (Wildman–Crippen MR) is 132 cm³/mol. The quantitative estimate of drug-likeness (QED) is 0.425. The van der Waals surface area contributed by atoms with Crippen LogP contribution in [0.3, 0.4) is 0 Å². The van der Waals surface area contributed by atoms with Gasteiger partial charge in [-0.25, -0.2) is 0 Å². The fourth-order valence-corrected chi connectivity index (χ4v) is 5.00. The molecule has 0 bridgehead atoms. The number of carbonyl (C=O) groups is 2. The van der Waals surface area contributed by atoms with Gasteiger partial charge < -0.3 is 9.88 Å². The van der Waals surface area contributed by atoms with E-state index in [1.807, 2.05) is 54.2 Å². The molecule has 2 N–H and O–H groups in total. The van der Waals surface area contributed by atoms with E-state index >= 15 is 0 Å². The molecule has 1 fully saturated rings. The van der Waals surface area contributed by atoms with Crippen molar-refractivity contribution in [3.05, 3.63) is 82.5 Å². The van der Waals surface area contributed by atoms with Crippen LogP contribution >= 0.6 is 11.6 Å². The molecule has 1 aromatic heterocycles. The van der Waals surface area contributed by atoms with Crippen LogP contribution < -0.4 is 10.6 Å². The molecule has 1 saturated carbocycles. The maximum absolute atomic E-state index is 13.1. The summed E-state index contributed by atoms with van der Waals surface area (Å²) in [7, 11) is 1.94. The van der Waals surface area contributed by atoms with Gasteiger partial charge in [-0.1, -0.05) is 48.0 Å². The molecule has 0 atom stereocenters. The third-order valence-electron chi connectivity index (χ3n) is 6.55. The number of imide groups is 1. The summed E-state index contributed by atoms with van der Waals surface area (Å²) < 4.78 is 1.97. The molecule has 0 saturated heterocycles. The van der Waals surface area contributed by atoms with E-state index in [-0.39, 0.29) is 0 Å². The first-order valence-electron chi connectivity index (χ1n) is 11.1. The summed E-state index contributed by atoms with van der Waals surface area (Å²) in [5.74, 6) is -0.815. The van der Waals surface area contributed by atoms with Gasteiger partial charge in [0.2, 0.25) is 0 Å². The molecule has 33 heavy (non-hydrogen) atoms. The Kier molecular flexibility index (Phi) is 4.64. The van der Waals surface area contributed by atoms with Crippen molar-refractivity contribution < 1.29 is 9.59 Å². The smallest absolute Gasteiger partial charge is 0.259 e. The van der Waals surface area contributed by atoms with Crippen molar-refractivity contribution in [2.75, 3.05) is 0 Å². The van der Waals surface area contributed by atoms with Crippen LogP contribution in [0.15, 0.2) is 60.8 Å². The van der Waals surface area contributed by atoms with E-state index < -0.39 is 11.8 Å². The molecule has 6 rings (SSSR count). The number of hydrogen-bond donors (Lipinski definition) is 2. The van der Waals surface area contributed by atoms with Gasteiger partial charge in [0.1, 0.15) is 0 Å². The van der Waals surface area contributed by atoms with E-state index in [2.05, 4.69) is 22.8 Å². The van der Waals surface area contributed by atoms with Crippen molar-refractivity contribution in [3.8, 4) is 0 Å². The van der Waals surface area contributed by atoms with Crippen LogP contribution in [0.4, 0.5) is 0 Å². The molecule has 1 aliphatic carbocycles. The summed E-state index contributed by atoms with van der Waals surface area (Å²) in [6.45, 7) is 0.757. The molecule has 0 spiro atoms. The highest BCUT2D eigenvalue weighted by Gasteiger charge is 2.35. The lowest BCUT2D eigenvalue weighted by molar-refractivity contribution is -0.122. The van der Waals surface area contributed by atoms with Gasteiger partial charge in [-0.15, -0.1) is 0 Å². The molecular formula is C27H22ClN3O2. The van der Waals surface area contributed by atoms with Crippen molar-refractivity contribution in [1.29, 1.82) is 0 Å². The van der Waals surface area contributed by atoms with Gasteiger partial charge in [0, 0.05) is 52.9 Å². The number of nitrogens with zero attached hydrogens (tertiary/aromatic N) is 1. The van der Waals surface area contributed by atoms with Crippen molar-refractivity contribution >= 4 is 56.2 Å². The minimum Gasteiger partial charge on any atom is -0.350 e. The second kappa shape index (κ2) is 7.58. The molecule has 5 nitrogen and oxygen atoms in total. The van der Waals surface area contributed by atoms with Crippen LogP contribution in [0.2, 0.25) is 5.02 Å². The van der Waals surface area contributed by atoms with E-state index in [1.165, 1.54) is 12.8 Å². The maximum atomic E-state index is 13.1. The van der Waals surface area contributed by atoms with E-state index in [1.54, 1.807) is 6.07 Å². The highest BCUT2D eigenvalue weighted by molar-refractivity contribution is 6.52. The van der Waals surface area contributed by atoms with E-state index in [9.17, 15) is 9.59 Å². The van der Waals surface area contributed by atoms with Gasteiger partial charge in [-0.3, -0.25) is 14.9 Å². The fraction of sp³-hybridized carbons (Fsp3) is 0.185. The summed E-state index contributed by atoms with van der Waals surface area (Å²) in [4.78, 5) is 26.2. The lowest BCUT2D eigenvalue weighted by Gasteiger charge is -2.13. The second-order valence-corrected chi connectivity index (χ2v) is 9.24. The van der Waals surface area contributed by atoms with Gasteiger partial charge >= 0.3 is 0 Å². The average molecular weight is 456 g/mol. The molecule has 0 radical (unpaired) electrons. The monoisotopic (exact) mass is 455 g/mol. The first-order chi connectivity index (χ1) is 16.0. The topological polar surface area (TPSA) is 63.1 Å². The van der Waals surface area contributed by atoms with E-state index in [4.69, 9.17) is 11.6 Å². The molecular weight excluding hydrogens is 434 g/mol. The summed E-state index contributed by atoms with van der Waals surface area (Å²) in [6.07, 6.45) is 4.34. The molecule has 6 heteroatoms. The van der Waals surface area contributed by atoms with Gasteiger partial charge in [0.15, 0.2) is 0 Å². The number of nitrogens with one attached hydrogen (secondary N) is 2. The van der Waals surface area contributed by atoms with Crippen molar-refractivity contribution in [1.82, 2.24) is 15.2 Å². The van der Waals surface area contributed by atoms with Crippen molar-refractivity contribution in [3.63, 3.8) is 0 Å². The fourth-order valence-electron chi connectivity index (χ4n) is 4.75. The Bertz CT molecular complexity index is 1510. The summed E-state index contributed by atoms with van der Waals surface area (Å²) in [5, 5.41) is 9.26. The molecule has 3 aromatic carbocycles. The largest absolute Gasteiger partial charge is 0.350 e. The van der Waals surface area contributed by atoms with Crippen LogP contribution in [-0.2, 0) is 23.2 Å². The Morgan fingerprint density at radius 3 is 2.58 bits per heavy atom. The normalized spacial score (nSPS) is 16.3. The maximum Gasteiger partial charge on any atom is 0.259 e. The zero-order chi connectivity index (χ0) is 22.7. The Labute approximate surface area is 196 Å². The van der Waals surface area contributed by atoms with E-state index in [0.29, 0.717) is 27.8 Å². The van der Waals surface area contributed by atoms with Crippen LogP contribution in [0, 0.1) is 0 Å². The number of para-hydroxylation sites is 1. The van der Waals surface area contributed by atoms with Gasteiger partial charge in [0.25, 0.3) is 11.8 Å². The Hall–Kier alpha value is -3.41. The number of rotatable bonds is 5. The minimum atomic E-state index is -0.418. The number of carbonyl (C=O) groups excluding carboxylic acids is 2.